The van der Waals surface area contributed by atoms with Crippen LogP contribution >= 0.6 is 23.2 Å². The molecule has 2 nitrogen and oxygen atoms in total. The molecule has 0 aliphatic carbocycles. The van der Waals surface area contributed by atoms with Crippen LogP contribution in [-0.2, 0) is 0 Å². The molecule has 0 saturated heterocycles. The first-order valence-corrected chi connectivity index (χ1v) is 6.38. The molecule has 0 fully saturated rings. The van der Waals surface area contributed by atoms with E-state index in [9.17, 15) is 0 Å². The van der Waals surface area contributed by atoms with Crippen molar-refractivity contribution < 1.29 is 4.74 Å². The van der Waals surface area contributed by atoms with Gasteiger partial charge in [0.05, 0.1) is 5.02 Å². The standard InChI is InChI=1S/C14H13Cl2NO/c15-11-4-3-5-12(10-11)17-8-9-18-14-7-2-1-6-13(14)16/h1-7,10,17H,8-9H2. The minimum Gasteiger partial charge on any atom is -0.490 e. The van der Waals surface area contributed by atoms with Crippen LogP contribution in [0.25, 0.3) is 0 Å². The molecule has 0 bridgehead atoms. The van der Waals surface area contributed by atoms with Gasteiger partial charge in [0.2, 0.25) is 0 Å². The number of para-hydroxylation sites is 1. The van der Waals surface area contributed by atoms with E-state index in [4.69, 9.17) is 27.9 Å². The summed E-state index contributed by atoms with van der Waals surface area (Å²) in [6, 6.07) is 15.0. The summed E-state index contributed by atoms with van der Waals surface area (Å²) in [7, 11) is 0. The van der Waals surface area contributed by atoms with Gasteiger partial charge in [-0.3, -0.25) is 0 Å². The van der Waals surface area contributed by atoms with E-state index >= 15 is 0 Å². The summed E-state index contributed by atoms with van der Waals surface area (Å²) in [6.45, 7) is 1.22. The molecule has 0 amide bonds. The molecule has 0 atom stereocenters. The van der Waals surface area contributed by atoms with E-state index in [1.54, 1.807) is 6.07 Å². The maximum atomic E-state index is 5.98. The molecular formula is C14H13Cl2NO. The van der Waals surface area contributed by atoms with Crippen LogP contribution in [0.4, 0.5) is 5.69 Å². The fourth-order valence-electron chi connectivity index (χ4n) is 1.52. The number of benzene rings is 2. The van der Waals surface area contributed by atoms with Gasteiger partial charge in [0.25, 0.3) is 0 Å². The zero-order chi connectivity index (χ0) is 12.8. The molecule has 0 spiro atoms. The lowest BCUT2D eigenvalue weighted by Crippen LogP contribution is -2.11. The molecule has 0 saturated carbocycles. The molecule has 4 heteroatoms. The maximum absolute atomic E-state index is 5.98. The van der Waals surface area contributed by atoms with Crippen molar-refractivity contribution in [1.29, 1.82) is 0 Å². The molecule has 2 aromatic carbocycles. The highest BCUT2D eigenvalue weighted by atomic mass is 35.5. The van der Waals surface area contributed by atoms with E-state index in [1.807, 2.05) is 42.5 Å². The van der Waals surface area contributed by atoms with Crippen LogP contribution in [0.5, 0.6) is 5.75 Å². The van der Waals surface area contributed by atoms with Gasteiger partial charge < -0.3 is 10.1 Å². The van der Waals surface area contributed by atoms with E-state index in [2.05, 4.69) is 5.32 Å². The van der Waals surface area contributed by atoms with Crippen molar-refractivity contribution in [2.75, 3.05) is 18.5 Å². The summed E-state index contributed by atoms with van der Waals surface area (Å²) >= 11 is 11.9. The Hall–Kier alpha value is -1.38. The van der Waals surface area contributed by atoms with E-state index in [0.717, 1.165) is 5.69 Å². The summed E-state index contributed by atoms with van der Waals surface area (Å²) in [5.41, 5.74) is 0.977. The fraction of sp³-hybridized carbons (Fsp3) is 0.143. The van der Waals surface area contributed by atoms with Gasteiger partial charge in [0, 0.05) is 17.3 Å². The Kier molecular flexibility index (Phi) is 4.73. The zero-order valence-corrected chi connectivity index (χ0v) is 11.2. The second-order valence-electron chi connectivity index (χ2n) is 3.72. The lowest BCUT2D eigenvalue weighted by atomic mass is 10.3. The Morgan fingerprint density at radius 2 is 1.83 bits per heavy atom. The zero-order valence-electron chi connectivity index (χ0n) is 9.70. The number of ether oxygens (including phenoxy) is 1. The quantitative estimate of drug-likeness (QED) is 0.816. The van der Waals surface area contributed by atoms with E-state index in [1.165, 1.54) is 0 Å². The normalized spacial score (nSPS) is 10.1. The third kappa shape index (κ3) is 3.83. The topological polar surface area (TPSA) is 21.3 Å². The van der Waals surface area contributed by atoms with Gasteiger partial charge in [0.1, 0.15) is 12.4 Å². The number of hydrogen-bond acceptors (Lipinski definition) is 2. The molecule has 0 aliphatic rings. The Morgan fingerprint density at radius 3 is 2.61 bits per heavy atom. The van der Waals surface area contributed by atoms with E-state index in [0.29, 0.717) is 28.9 Å². The van der Waals surface area contributed by atoms with Crippen molar-refractivity contribution in [3.8, 4) is 5.75 Å². The van der Waals surface area contributed by atoms with Gasteiger partial charge in [-0.2, -0.15) is 0 Å². The lowest BCUT2D eigenvalue weighted by molar-refractivity contribution is 0.333. The average Bonchev–Trinajstić information content (AvgIpc) is 2.37. The van der Waals surface area contributed by atoms with Crippen LogP contribution in [0.1, 0.15) is 0 Å². The van der Waals surface area contributed by atoms with Crippen molar-refractivity contribution >= 4 is 28.9 Å². The van der Waals surface area contributed by atoms with Crippen molar-refractivity contribution in [3.63, 3.8) is 0 Å². The predicted octanol–water partition coefficient (Wildman–Crippen LogP) is 4.48. The summed E-state index contributed by atoms with van der Waals surface area (Å²) in [5.74, 6) is 0.701. The highest BCUT2D eigenvalue weighted by molar-refractivity contribution is 6.32. The molecule has 1 N–H and O–H groups in total. The highest BCUT2D eigenvalue weighted by Crippen LogP contribution is 2.22. The van der Waals surface area contributed by atoms with Crippen LogP contribution < -0.4 is 10.1 Å². The van der Waals surface area contributed by atoms with Gasteiger partial charge in [-0.15, -0.1) is 0 Å². The third-order valence-corrected chi connectivity index (χ3v) is 2.90. The van der Waals surface area contributed by atoms with Crippen molar-refractivity contribution in [1.82, 2.24) is 0 Å². The molecule has 18 heavy (non-hydrogen) atoms. The Balaban J connectivity index is 1.78. The predicted molar refractivity (Wildman–Crippen MR) is 76.9 cm³/mol. The third-order valence-electron chi connectivity index (χ3n) is 2.35. The number of rotatable bonds is 5. The fourth-order valence-corrected chi connectivity index (χ4v) is 1.90. The first kappa shape index (κ1) is 13.1. The first-order chi connectivity index (χ1) is 8.75. The van der Waals surface area contributed by atoms with E-state index < -0.39 is 0 Å². The van der Waals surface area contributed by atoms with Crippen LogP contribution in [0.2, 0.25) is 10.0 Å². The molecule has 0 radical (unpaired) electrons. The van der Waals surface area contributed by atoms with Crippen molar-refractivity contribution in [2.24, 2.45) is 0 Å². The molecule has 94 valence electrons. The first-order valence-electron chi connectivity index (χ1n) is 5.62. The molecule has 0 heterocycles. The number of hydrogen-bond donors (Lipinski definition) is 1. The van der Waals surface area contributed by atoms with Gasteiger partial charge in [-0.25, -0.2) is 0 Å². The summed E-state index contributed by atoms with van der Waals surface area (Å²) in [6.07, 6.45) is 0. The monoisotopic (exact) mass is 281 g/mol. The molecule has 0 aromatic heterocycles. The molecule has 0 unspecified atom stereocenters. The smallest absolute Gasteiger partial charge is 0.137 e. The Bertz CT molecular complexity index is 517. The number of nitrogens with one attached hydrogen (secondary N) is 1. The average molecular weight is 282 g/mol. The van der Waals surface area contributed by atoms with Crippen LogP contribution in [0.3, 0.4) is 0 Å². The number of anilines is 1. The van der Waals surface area contributed by atoms with Gasteiger partial charge in [-0.05, 0) is 30.3 Å². The lowest BCUT2D eigenvalue weighted by Gasteiger charge is -2.09. The molecular weight excluding hydrogens is 269 g/mol. The molecule has 2 aromatic rings. The van der Waals surface area contributed by atoms with Crippen molar-refractivity contribution in [3.05, 3.63) is 58.6 Å². The van der Waals surface area contributed by atoms with Gasteiger partial charge in [0.15, 0.2) is 0 Å². The van der Waals surface area contributed by atoms with Gasteiger partial charge in [-0.1, -0.05) is 41.4 Å². The van der Waals surface area contributed by atoms with E-state index in [-0.39, 0.29) is 0 Å². The van der Waals surface area contributed by atoms with Crippen LogP contribution in [0, 0.1) is 0 Å². The number of halogens is 2. The minimum atomic E-state index is 0.538. The largest absolute Gasteiger partial charge is 0.490 e. The molecule has 2 rings (SSSR count). The van der Waals surface area contributed by atoms with Gasteiger partial charge >= 0.3 is 0 Å². The Labute approximate surface area is 116 Å². The van der Waals surface area contributed by atoms with Crippen molar-refractivity contribution in [2.45, 2.75) is 0 Å². The molecule has 0 aliphatic heterocycles. The minimum absolute atomic E-state index is 0.538. The highest BCUT2D eigenvalue weighted by Gasteiger charge is 1.99. The Morgan fingerprint density at radius 1 is 1.00 bits per heavy atom. The SMILES string of the molecule is Clc1cccc(NCCOc2ccccc2Cl)c1. The summed E-state index contributed by atoms with van der Waals surface area (Å²) in [5, 5.41) is 4.56. The van der Waals surface area contributed by atoms with Crippen LogP contribution in [0.15, 0.2) is 48.5 Å². The van der Waals surface area contributed by atoms with Crippen LogP contribution in [-0.4, -0.2) is 13.2 Å². The maximum Gasteiger partial charge on any atom is 0.137 e. The second kappa shape index (κ2) is 6.53. The summed E-state index contributed by atoms with van der Waals surface area (Å²) in [4.78, 5) is 0. The summed E-state index contributed by atoms with van der Waals surface area (Å²) < 4.78 is 5.56. The second-order valence-corrected chi connectivity index (χ2v) is 4.56.